The van der Waals surface area contributed by atoms with Gasteiger partial charge < -0.3 is 15.7 Å². The predicted molar refractivity (Wildman–Crippen MR) is 76.3 cm³/mol. The molecule has 21 heavy (non-hydrogen) atoms. The molecule has 0 bridgehead atoms. The van der Waals surface area contributed by atoms with Crippen LogP contribution in [-0.4, -0.2) is 40.9 Å². The van der Waals surface area contributed by atoms with E-state index < -0.39 is 16.8 Å². The van der Waals surface area contributed by atoms with Gasteiger partial charge in [-0.15, -0.1) is 0 Å². The number of carboxylic acids is 1. The summed E-state index contributed by atoms with van der Waals surface area (Å²) in [7, 11) is 0. The Balaban J connectivity index is 2.01. The molecule has 6 nitrogen and oxygen atoms in total. The Bertz CT molecular complexity index is 457. The van der Waals surface area contributed by atoms with E-state index in [1.54, 1.807) is 11.8 Å². The van der Waals surface area contributed by atoms with E-state index in [4.69, 9.17) is 10.8 Å². The van der Waals surface area contributed by atoms with Crippen LogP contribution in [0.5, 0.6) is 0 Å². The van der Waals surface area contributed by atoms with Gasteiger partial charge in [0.05, 0.1) is 11.8 Å². The molecule has 1 aliphatic carbocycles. The van der Waals surface area contributed by atoms with E-state index in [1.165, 1.54) is 0 Å². The molecule has 2 aliphatic rings. The summed E-state index contributed by atoms with van der Waals surface area (Å²) in [5, 5.41) is 9.09. The van der Waals surface area contributed by atoms with E-state index in [1.807, 2.05) is 0 Å². The van der Waals surface area contributed by atoms with Gasteiger partial charge in [-0.05, 0) is 31.6 Å². The topological polar surface area (TPSA) is 101 Å². The van der Waals surface area contributed by atoms with Crippen LogP contribution in [0, 0.1) is 10.8 Å². The molecule has 0 aromatic carbocycles. The normalized spacial score (nSPS) is 27.8. The van der Waals surface area contributed by atoms with E-state index in [0.717, 1.165) is 25.7 Å². The zero-order chi connectivity index (χ0) is 15.7. The second-order valence-electron chi connectivity index (χ2n) is 6.94. The van der Waals surface area contributed by atoms with Crippen LogP contribution in [0.2, 0.25) is 0 Å². The Labute approximate surface area is 124 Å². The molecular formula is C15H24N2O4. The fourth-order valence-electron chi connectivity index (χ4n) is 3.67. The fourth-order valence-corrected chi connectivity index (χ4v) is 3.67. The molecular weight excluding hydrogens is 272 g/mol. The lowest BCUT2D eigenvalue weighted by Gasteiger charge is -2.29. The highest BCUT2D eigenvalue weighted by Gasteiger charge is 2.44. The highest BCUT2D eigenvalue weighted by Crippen LogP contribution is 2.45. The van der Waals surface area contributed by atoms with Crippen LogP contribution < -0.4 is 5.73 Å². The molecule has 2 fully saturated rings. The number of primary amides is 1. The first-order valence-corrected chi connectivity index (χ1v) is 7.56. The number of amides is 2. The van der Waals surface area contributed by atoms with Crippen molar-refractivity contribution < 1.29 is 19.5 Å². The Morgan fingerprint density at radius 3 is 2.24 bits per heavy atom. The minimum atomic E-state index is -0.840. The Morgan fingerprint density at radius 1 is 1.14 bits per heavy atom. The maximum Gasteiger partial charge on any atom is 0.303 e. The van der Waals surface area contributed by atoms with Crippen molar-refractivity contribution in [2.45, 2.75) is 51.9 Å². The number of rotatable bonds is 5. The molecule has 3 N–H and O–H groups in total. The van der Waals surface area contributed by atoms with E-state index in [9.17, 15) is 14.4 Å². The second kappa shape index (κ2) is 5.66. The molecule has 1 saturated heterocycles. The highest BCUT2D eigenvalue weighted by molar-refractivity contribution is 5.84. The van der Waals surface area contributed by atoms with Crippen LogP contribution in [0.1, 0.15) is 51.9 Å². The van der Waals surface area contributed by atoms with Gasteiger partial charge in [0.25, 0.3) is 0 Å². The number of nitrogens with two attached hydrogens (primary N) is 1. The zero-order valence-corrected chi connectivity index (χ0v) is 12.6. The number of carboxylic acid groups (broad SMARTS) is 1. The Morgan fingerprint density at radius 2 is 1.76 bits per heavy atom. The van der Waals surface area contributed by atoms with Crippen molar-refractivity contribution in [1.29, 1.82) is 0 Å². The molecule has 6 heteroatoms. The summed E-state index contributed by atoms with van der Waals surface area (Å²) in [6.07, 6.45) is 4.48. The number of carbonyl (C=O) groups is 3. The van der Waals surface area contributed by atoms with Crippen LogP contribution in [0.25, 0.3) is 0 Å². The average molecular weight is 296 g/mol. The maximum absolute atomic E-state index is 12.5. The molecule has 1 unspecified atom stereocenters. The summed E-state index contributed by atoms with van der Waals surface area (Å²) in [6.45, 7) is 2.66. The molecule has 0 aromatic heterocycles. The van der Waals surface area contributed by atoms with E-state index in [2.05, 4.69) is 0 Å². The third-order valence-electron chi connectivity index (χ3n) is 5.14. The number of nitrogens with zero attached hydrogens (tertiary/aromatic N) is 1. The molecule has 2 amide bonds. The molecule has 0 aromatic rings. The van der Waals surface area contributed by atoms with E-state index in [-0.39, 0.29) is 24.7 Å². The van der Waals surface area contributed by atoms with Gasteiger partial charge in [0, 0.05) is 19.5 Å². The molecule has 1 saturated carbocycles. The molecule has 118 valence electrons. The van der Waals surface area contributed by atoms with Crippen LogP contribution in [0.4, 0.5) is 0 Å². The van der Waals surface area contributed by atoms with Crippen LogP contribution in [0.15, 0.2) is 0 Å². The second-order valence-corrected chi connectivity index (χ2v) is 6.94. The Hall–Kier alpha value is -1.59. The first kappa shape index (κ1) is 15.8. The third-order valence-corrected chi connectivity index (χ3v) is 5.14. The van der Waals surface area contributed by atoms with Gasteiger partial charge in [0.15, 0.2) is 0 Å². The molecule has 0 radical (unpaired) electrons. The minimum absolute atomic E-state index is 0.0388. The molecule has 0 spiro atoms. The van der Waals surface area contributed by atoms with Crippen molar-refractivity contribution in [1.82, 2.24) is 4.90 Å². The molecule has 1 atom stereocenters. The first-order chi connectivity index (χ1) is 9.76. The van der Waals surface area contributed by atoms with Crippen LogP contribution in [-0.2, 0) is 14.4 Å². The monoisotopic (exact) mass is 296 g/mol. The number of carbonyl (C=O) groups excluding carboxylic acids is 2. The van der Waals surface area contributed by atoms with Gasteiger partial charge in [0.1, 0.15) is 0 Å². The lowest BCUT2D eigenvalue weighted by Crippen LogP contribution is -2.40. The largest absolute Gasteiger partial charge is 0.481 e. The molecule has 1 aliphatic heterocycles. The lowest BCUT2D eigenvalue weighted by molar-refractivity contribution is -0.141. The SMILES string of the molecule is CC1(C(N)=O)CCN(C(=O)CC2(CC(=O)O)CCCC2)C1. The summed E-state index contributed by atoms with van der Waals surface area (Å²) in [4.78, 5) is 36.7. The van der Waals surface area contributed by atoms with Crippen molar-refractivity contribution in [2.24, 2.45) is 16.6 Å². The summed E-state index contributed by atoms with van der Waals surface area (Å²) < 4.78 is 0. The van der Waals surface area contributed by atoms with Crippen molar-refractivity contribution in [3.63, 3.8) is 0 Å². The molecule has 2 rings (SSSR count). The summed E-state index contributed by atoms with van der Waals surface area (Å²) in [6, 6.07) is 0. The van der Waals surface area contributed by atoms with Crippen LogP contribution in [0.3, 0.4) is 0 Å². The zero-order valence-electron chi connectivity index (χ0n) is 12.6. The molecule has 1 heterocycles. The smallest absolute Gasteiger partial charge is 0.303 e. The maximum atomic E-state index is 12.5. The van der Waals surface area contributed by atoms with Gasteiger partial charge in [-0.1, -0.05) is 12.8 Å². The lowest BCUT2D eigenvalue weighted by atomic mass is 9.79. The van der Waals surface area contributed by atoms with E-state index >= 15 is 0 Å². The quantitative estimate of drug-likeness (QED) is 0.794. The number of hydrogen-bond donors (Lipinski definition) is 2. The third kappa shape index (κ3) is 3.36. The van der Waals surface area contributed by atoms with Crippen LogP contribution >= 0.6 is 0 Å². The number of hydrogen-bond acceptors (Lipinski definition) is 3. The number of aliphatic carboxylic acids is 1. The van der Waals surface area contributed by atoms with Crippen molar-refractivity contribution in [2.75, 3.05) is 13.1 Å². The van der Waals surface area contributed by atoms with Crippen molar-refractivity contribution >= 4 is 17.8 Å². The summed E-state index contributed by atoms with van der Waals surface area (Å²) in [5.41, 5.74) is 4.35. The minimum Gasteiger partial charge on any atom is -0.481 e. The van der Waals surface area contributed by atoms with Gasteiger partial charge in [-0.2, -0.15) is 0 Å². The standard InChI is InChI=1S/C15H24N2O4/c1-14(13(16)21)6-7-17(10-14)11(18)8-15(9-12(19)20)4-2-3-5-15/h2-10H2,1H3,(H2,16,21)(H,19,20). The predicted octanol–water partition coefficient (Wildman–Crippen LogP) is 1.14. The van der Waals surface area contributed by atoms with Gasteiger partial charge >= 0.3 is 5.97 Å². The first-order valence-electron chi connectivity index (χ1n) is 7.56. The van der Waals surface area contributed by atoms with Crippen molar-refractivity contribution in [3.8, 4) is 0 Å². The van der Waals surface area contributed by atoms with Crippen molar-refractivity contribution in [3.05, 3.63) is 0 Å². The van der Waals surface area contributed by atoms with Gasteiger partial charge in [-0.25, -0.2) is 0 Å². The van der Waals surface area contributed by atoms with Gasteiger partial charge in [-0.3, -0.25) is 14.4 Å². The Kier molecular flexibility index (Phi) is 4.25. The summed E-state index contributed by atoms with van der Waals surface area (Å²) in [5.74, 6) is -1.25. The van der Waals surface area contributed by atoms with Gasteiger partial charge in [0.2, 0.25) is 11.8 Å². The highest BCUT2D eigenvalue weighted by atomic mass is 16.4. The summed E-state index contributed by atoms with van der Waals surface area (Å²) >= 11 is 0. The fraction of sp³-hybridized carbons (Fsp3) is 0.800. The van der Waals surface area contributed by atoms with E-state index in [0.29, 0.717) is 19.5 Å². The average Bonchev–Trinajstić information content (AvgIpc) is 2.97. The number of likely N-dealkylation sites (tertiary alicyclic amines) is 1.